The number of carbonyl (C=O) groups is 1. The molecule has 1 aromatic heterocycles. The first-order valence-electron chi connectivity index (χ1n) is 6.60. The third kappa shape index (κ3) is 5.35. The maximum Gasteiger partial charge on any atom is 0.305 e. The Morgan fingerprint density at radius 2 is 1.96 bits per heavy atom. The van der Waals surface area contributed by atoms with Crippen LogP contribution >= 0.6 is 35.4 Å². The van der Waals surface area contributed by atoms with Gasteiger partial charge in [0, 0.05) is 28.1 Å². The van der Waals surface area contributed by atoms with E-state index in [1.54, 1.807) is 42.7 Å². The second kappa shape index (κ2) is 8.10. The number of anilines is 1. The first kappa shape index (κ1) is 17.5. The van der Waals surface area contributed by atoms with Crippen molar-refractivity contribution in [3.8, 4) is 0 Å². The van der Waals surface area contributed by atoms with E-state index in [0.717, 1.165) is 5.69 Å². The minimum atomic E-state index is -0.972. The molecule has 0 saturated heterocycles. The lowest BCUT2D eigenvalue weighted by Gasteiger charge is -2.21. The summed E-state index contributed by atoms with van der Waals surface area (Å²) >= 11 is 17.3. The fraction of sp³-hybridized carbons (Fsp3) is 0.133. The van der Waals surface area contributed by atoms with E-state index in [-0.39, 0.29) is 11.5 Å². The van der Waals surface area contributed by atoms with Crippen LogP contribution in [0.4, 0.5) is 5.69 Å². The topological polar surface area (TPSA) is 74.2 Å². The van der Waals surface area contributed by atoms with Crippen molar-refractivity contribution in [3.05, 3.63) is 58.3 Å². The zero-order valence-corrected chi connectivity index (χ0v) is 14.1. The second-order valence-electron chi connectivity index (χ2n) is 4.65. The smallest absolute Gasteiger partial charge is 0.305 e. The molecule has 120 valence electrons. The van der Waals surface area contributed by atoms with Gasteiger partial charge in [0.2, 0.25) is 0 Å². The van der Waals surface area contributed by atoms with Gasteiger partial charge in [0.25, 0.3) is 0 Å². The van der Waals surface area contributed by atoms with Crippen molar-refractivity contribution >= 4 is 52.2 Å². The number of hydrogen-bond acceptors (Lipinski definition) is 3. The highest BCUT2D eigenvalue weighted by Gasteiger charge is 2.19. The number of hydrogen-bond donors (Lipinski definition) is 3. The monoisotopic (exact) mass is 369 g/mol. The molecule has 2 aromatic rings. The van der Waals surface area contributed by atoms with Gasteiger partial charge in [-0.2, -0.15) is 0 Å². The maximum absolute atomic E-state index is 11.1. The third-order valence-corrected chi connectivity index (χ3v) is 3.74. The van der Waals surface area contributed by atoms with Crippen molar-refractivity contribution in [1.82, 2.24) is 10.3 Å². The summed E-state index contributed by atoms with van der Waals surface area (Å²) in [7, 11) is 0. The number of halogens is 2. The van der Waals surface area contributed by atoms with Crippen molar-refractivity contribution in [2.24, 2.45) is 0 Å². The fourth-order valence-corrected chi connectivity index (χ4v) is 2.76. The molecule has 0 bridgehead atoms. The molecule has 1 unspecified atom stereocenters. The zero-order chi connectivity index (χ0) is 16.8. The van der Waals surface area contributed by atoms with E-state index >= 15 is 0 Å². The molecule has 1 aromatic carbocycles. The number of thiocarbonyl (C=S) groups is 1. The molecule has 2 rings (SSSR count). The minimum Gasteiger partial charge on any atom is -0.481 e. The molecule has 23 heavy (non-hydrogen) atoms. The van der Waals surface area contributed by atoms with Crippen molar-refractivity contribution < 1.29 is 9.90 Å². The van der Waals surface area contributed by atoms with Crippen LogP contribution in [0.25, 0.3) is 0 Å². The first-order valence-corrected chi connectivity index (χ1v) is 7.76. The van der Waals surface area contributed by atoms with Gasteiger partial charge in [-0.05, 0) is 42.0 Å². The van der Waals surface area contributed by atoms with Crippen LogP contribution in [0.5, 0.6) is 0 Å². The van der Waals surface area contributed by atoms with E-state index in [9.17, 15) is 4.79 Å². The number of carboxylic acids is 1. The third-order valence-electron chi connectivity index (χ3n) is 2.96. The van der Waals surface area contributed by atoms with Gasteiger partial charge in [-0.3, -0.25) is 9.78 Å². The number of rotatable bonds is 5. The van der Waals surface area contributed by atoms with Crippen molar-refractivity contribution in [2.45, 2.75) is 12.5 Å². The summed E-state index contributed by atoms with van der Waals surface area (Å²) in [6, 6.07) is 7.80. The van der Waals surface area contributed by atoms with Gasteiger partial charge >= 0.3 is 5.97 Å². The Labute approximate surface area is 148 Å². The van der Waals surface area contributed by atoms with E-state index in [0.29, 0.717) is 15.6 Å². The molecule has 5 nitrogen and oxygen atoms in total. The lowest BCUT2D eigenvalue weighted by atomic mass is 10.0. The summed E-state index contributed by atoms with van der Waals surface area (Å²) in [5.41, 5.74) is 1.35. The Balaban J connectivity index is 2.15. The van der Waals surface area contributed by atoms with Crippen LogP contribution in [0.3, 0.4) is 0 Å². The summed E-state index contributed by atoms with van der Waals surface area (Å²) in [6.07, 6.45) is 3.06. The minimum absolute atomic E-state index is 0.181. The molecule has 1 heterocycles. The van der Waals surface area contributed by atoms with E-state index in [2.05, 4.69) is 15.6 Å². The standard InChI is InChI=1S/C15H13Cl2N3O2S/c16-9-1-2-11(12(17)7-9)13(8-14(21)22)20-15(23)19-10-3-5-18-6-4-10/h1-7,13H,8H2,(H,21,22)(H2,18,19,20,23). The normalized spacial score (nSPS) is 11.6. The average molecular weight is 370 g/mol. The van der Waals surface area contributed by atoms with Gasteiger partial charge in [0.15, 0.2) is 5.11 Å². The van der Waals surface area contributed by atoms with E-state index < -0.39 is 12.0 Å². The molecule has 0 spiro atoms. The second-order valence-corrected chi connectivity index (χ2v) is 5.90. The van der Waals surface area contributed by atoms with Gasteiger partial charge in [-0.25, -0.2) is 0 Å². The highest BCUT2D eigenvalue weighted by Crippen LogP contribution is 2.28. The number of pyridine rings is 1. The van der Waals surface area contributed by atoms with Gasteiger partial charge < -0.3 is 15.7 Å². The number of benzene rings is 1. The fourth-order valence-electron chi connectivity index (χ4n) is 1.96. The van der Waals surface area contributed by atoms with Crippen LogP contribution in [0.2, 0.25) is 10.0 Å². The summed E-state index contributed by atoms with van der Waals surface area (Å²) in [4.78, 5) is 15.0. The van der Waals surface area contributed by atoms with Crippen LogP contribution in [0, 0.1) is 0 Å². The largest absolute Gasteiger partial charge is 0.481 e. The zero-order valence-electron chi connectivity index (χ0n) is 11.8. The highest BCUT2D eigenvalue weighted by atomic mass is 35.5. The Morgan fingerprint density at radius 1 is 1.26 bits per heavy atom. The van der Waals surface area contributed by atoms with Crippen molar-refractivity contribution in [3.63, 3.8) is 0 Å². The van der Waals surface area contributed by atoms with E-state index in [1.807, 2.05) is 0 Å². The molecule has 0 aliphatic rings. The number of carboxylic acid groups (broad SMARTS) is 1. The lowest BCUT2D eigenvalue weighted by Crippen LogP contribution is -2.33. The molecule has 0 fully saturated rings. The predicted octanol–water partition coefficient (Wildman–Crippen LogP) is 3.89. The highest BCUT2D eigenvalue weighted by molar-refractivity contribution is 7.80. The van der Waals surface area contributed by atoms with Gasteiger partial charge in [-0.1, -0.05) is 29.3 Å². The Kier molecular flexibility index (Phi) is 6.15. The van der Waals surface area contributed by atoms with E-state index in [1.165, 1.54) is 0 Å². The summed E-state index contributed by atoms with van der Waals surface area (Å²) in [5, 5.41) is 16.2. The van der Waals surface area contributed by atoms with Gasteiger partial charge in [0.1, 0.15) is 0 Å². The van der Waals surface area contributed by atoms with Crippen LogP contribution in [0.15, 0.2) is 42.7 Å². The van der Waals surface area contributed by atoms with E-state index in [4.69, 9.17) is 40.5 Å². The number of nitrogens with one attached hydrogen (secondary N) is 2. The Morgan fingerprint density at radius 3 is 2.57 bits per heavy atom. The van der Waals surface area contributed by atoms with Crippen LogP contribution in [0.1, 0.15) is 18.0 Å². The number of nitrogens with zero attached hydrogens (tertiary/aromatic N) is 1. The molecule has 0 aliphatic carbocycles. The summed E-state index contributed by atoms with van der Waals surface area (Å²) < 4.78 is 0. The lowest BCUT2D eigenvalue weighted by molar-refractivity contribution is -0.137. The van der Waals surface area contributed by atoms with Crippen molar-refractivity contribution in [1.29, 1.82) is 0 Å². The molecular formula is C15H13Cl2N3O2S. The summed E-state index contributed by atoms with van der Waals surface area (Å²) in [6.45, 7) is 0. The molecular weight excluding hydrogens is 357 g/mol. The molecule has 1 atom stereocenters. The van der Waals surface area contributed by atoms with Gasteiger partial charge in [-0.15, -0.1) is 0 Å². The number of aliphatic carboxylic acids is 1. The Hall–Kier alpha value is -1.89. The van der Waals surface area contributed by atoms with Crippen LogP contribution in [-0.4, -0.2) is 21.2 Å². The first-order chi connectivity index (χ1) is 11.0. The summed E-state index contributed by atoms with van der Waals surface area (Å²) in [5.74, 6) is -0.972. The molecule has 8 heteroatoms. The predicted molar refractivity (Wildman–Crippen MR) is 95.0 cm³/mol. The maximum atomic E-state index is 11.1. The Bertz CT molecular complexity index is 713. The van der Waals surface area contributed by atoms with Crippen LogP contribution in [-0.2, 0) is 4.79 Å². The molecule has 3 N–H and O–H groups in total. The molecule has 0 aliphatic heterocycles. The molecule has 0 amide bonds. The van der Waals surface area contributed by atoms with Crippen LogP contribution < -0.4 is 10.6 Å². The quantitative estimate of drug-likeness (QED) is 0.694. The molecule has 0 saturated carbocycles. The molecule has 0 radical (unpaired) electrons. The average Bonchev–Trinajstić information content (AvgIpc) is 2.47. The van der Waals surface area contributed by atoms with Gasteiger partial charge in [0.05, 0.1) is 12.5 Å². The SMILES string of the molecule is O=C(O)CC(NC(=S)Nc1ccncc1)c1ccc(Cl)cc1Cl. The number of aromatic nitrogens is 1. The van der Waals surface area contributed by atoms with Crippen molar-refractivity contribution in [2.75, 3.05) is 5.32 Å².